The van der Waals surface area contributed by atoms with E-state index < -0.39 is 17.3 Å². The quantitative estimate of drug-likeness (QED) is 0.918. The Labute approximate surface area is 140 Å². The fourth-order valence-corrected chi connectivity index (χ4v) is 4.74. The monoisotopic (exact) mass is 336 g/mol. The van der Waals surface area contributed by atoms with E-state index >= 15 is 0 Å². The van der Waals surface area contributed by atoms with Gasteiger partial charge in [0.05, 0.1) is 0 Å². The highest BCUT2D eigenvalue weighted by atomic mass is 19.3. The third-order valence-corrected chi connectivity index (χ3v) is 6.31. The number of carboxylic acids is 1. The van der Waals surface area contributed by atoms with E-state index in [1.54, 1.807) is 0 Å². The largest absolute Gasteiger partial charge is 0.477 e. The summed E-state index contributed by atoms with van der Waals surface area (Å²) in [6, 6.07) is 8.22. The number of hydrogen-bond acceptors (Lipinski definition) is 3. The van der Waals surface area contributed by atoms with Crippen molar-refractivity contribution in [3.63, 3.8) is 0 Å². The van der Waals surface area contributed by atoms with Crippen LogP contribution in [0, 0.1) is 5.41 Å². The molecule has 0 aromatic heterocycles. The smallest absolute Gasteiger partial charge is 0.375 e. The van der Waals surface area contributed by atoms with Crippen molar-refractivity contribution in [1.82, 2.24) is 4.90 Å². The molecule has 1 aromatic carbocycles. The minimum atomic E-state index is -3.60. The van der Waals surface area contributed by atoms with E-state index in [4.69, 9.17) is 5.11 Å². The predicted molar refractivity (Wildman–Crippen MR) is 86.7 cm³/mol. The molecule has 4 nitrogen and oxygen atoms in total. The molecular formula is C18H22F2N2O2. The Kier molecular flexibility index (Phi) is 3.24. The Bertz CT molecular complexity index is 646. The zero-order valence-corrected chi connectivity index (χ0v) is 13.8. The third-order valence-electron chi connectivity index (χ3n) is 6.31. The average molecular weight is 336 g/mol. The van der Waals surface area contributed by atoms with Crippen LogP contribution in [0.25, 0.3) is 0 Å². The normalized spacial score (nSPS) is 32.9. The van der Waals surface area contributed by atoms with E-state index in [0.717, 1.165) is 31.7 Å². The summed E-state index contributed by atoms with van der Waals surface area (Å²) in [5.74, 6) is -5.59. The lowest BCUT2D eigenvalue weighted by Crippen LogP contribution is -2.73. The molecule has 4 aliphatic rings. The van der Waals surface area contributed by atoms with E-state index in [1.165, 1.54) is 5.69 Å². The van der Waals surface area contributed by atoms with E-state index in [1.807, 2.05) is 12.1 Å². The zero-order valence-electron chi connectivity index (χ0n) is 13.8. The summed E-state index contributed by atoms with van der Waals surface area (Å²) in [6.45, 7) is 4.07. The molecule has 0 amide bonds. The summed E-state index contributed by atoms with van der Waals surface area (Å²) in [5, 5.41) is 8.76. The van der Waals surface area contributed by atoms with Crippen molar-refractivity contribution in [2.24, 2.45) is 5.41 Å². The number of hydrogen-bond donors (Lipinski definition) is 1. The molecule has 4 fully saturated rings. The van der Waals surface area contributed by atoms with Crippen molar-refractivity contribution in [1.29, 1.82) is 0 Å². The Morgan fingerprint density at radius 3 is 2.12 bits per heavy atom. The summed E-state index contributed by atoms with van der Waals surface area (Å²) in [6.07, 6.45) is 0.855. The molecule has 3 aliphatic carbocycles. The van der Waals surface area contributed by atoms with Crippen LogP contribution in [0.5, 0.6) is 0 Å². The van der Waals surface area contributed by atoms with Crippen molar-refractivity contribution in [3.05, 3.63) is 29.8 Å². The van der Waals surface area contributed by atoms with Gasteiger partial charge < -0.3 is 14.9 Å². The van der Waals surface area contributed by atoms with E-state index in [2.05, 4.69) is 29.0 Å². The maximum absolute atomic E-state index is 13.8. The Morgan fingerprint density at radius 2 is 1.62 bits per heavy atom. The van der Waals surface area contributed by atoms with Crippen molar-refractivity contribution in [2.75, 3.05) is 38.1 Å². The van der Waals surface area contributed by atoms with Gasteiger partial charge >= 0.3 is 11.9 Å². The van der Waals surface area contributed by atoms with Gasteiger partial charge in [-0.15, -0.1) is 0 Å². The van der Waals surface area contributed by atoms with Gasteiger partial charge in [0.1, 0.15) is 0 Å². The van der Waals surface area contributed by atoms with Crippen LogP contribution in [0.3, 0.4) is 0 Å². The summed E-state index contributed by atoms with van der Waals surface area (Å²) in [5.41, 5.74) is 0.710. The lowest BCUT2D eigenvalue weighted by atomic mass is 9.32. The molecule has 1 aromatic rings. The Morgan fingerprint density at radius 1 is 1.08 bits per heavy atom. The molecule has 0 spiro atoms. The van der Waals surface area contributed by atoms with Gasteiger partial charge in [0, 0.05) is 37.3 Å². The van der Waals surface area contributed by atoms with Crippen molar-refractivity contribution in [2.45, 2.75) is 30.6 Å². The molecule has 130 valence electrons. The van der Waals surface area contributed by atoms with Gasteiger partial charge in [0.25, 0.3) is 0 Å². The van der Waals surface area contributed by atoms with Gasteiger partial charge in [-0.25, -0.2) is 4.79 Å². The molecular weight excluding hydrogens is 314 g/mol. The second kappa shape index (κ2) is 4.91. The van der Waals surface area contributed by atoms with Crippen LogP contribution in [0.4, 0.5) is 14.5 Å². The number of rotatable bonds is 4. The average Bonchev–Trinajstić information content (AvgIpc) is 2.46. The number of alkyl halides is 2. The number of aliphatic carboxylic acids is 1. The highest BCUT2D eigenvalue weighted by molar-refractivity contribution is 5.78. The topological polar surface area (TPSA) is 43.8 Å². The number of halogens is 2. The summed E-state index contributed by atoms with van der Waals surface area (Å²) in [7, 11) is 2.12. The van der Waals surface area contributed by atoms with Crippen LogP contribution in [0.1, 0.15) is 24.8 Å². The number of likely N-dealkylation sites (N-methyl/N-ethyl adjacent to an activating group) is 1. The SMILES string of the molecule is CN1CCN(c2ccc(C34CC(C(F)(F)C(=O)O)(C3)C4)cc2)CC1. The number of benzene rings is 1. The highest BCUT2D eigenvalue weighted by Gasteiger charge is 2.79. The summed E-state index contributed by atoms with van der Waals surface area (Å²) < 4.78 is 27.7. The van der Waals surface area contributed by atoms with E-state index in [0.29, 0.717) is 0 Å². The standard InChI is InChI=1S/C18H22F2N2O2/c1-21-6-8-22(9-7-21)14-4-2-13(3-5-14)16-10-17(11-16,12-16)18(19,20)15(23)24/h2-5H,6-12H2,1H3,(H,23,24). The van der Waals surface area contributed by atoms with E-state index in [9.17, 15) is 13.6 Å². The first-order valence-electron chi connectivity index (χ1n) is 8.43. The minimum absolute atomic E-state index is 0.223. The van der Waals surface area contributed by atoms with Gasteiger partial charge in [0.2, 0.25) is 0 Å². The van der Waals surface area contributed by atoms with Crippen molar-refractivity contribution < 1.29 is 18.7 Å². The molecule has 1 heterocycles. The maximum atomic E-state index is 13.8. The number of nitrogens with zero attached hydrogens (tertiary/aromatic N) is 2. The summed E-state index contributed by atoms with van der Waals surface area (Å²) in [4.78, 5) is 15.4. The molecule has 6 heteroatoms. The van der Waals surface area contributed by atoms with Crippen LogP contribution < -0.4 is 4.90 Å². The Balaban J connectivity index is 1.44. The lowest BCUT2D eigenvalue weighted by molar-refractivity contribution is -0.277. The second-order valence-corrected chi connectivity index (χ2v) is 7.81. The second-order valence-electron chi connectivity index (χ2n) is 7.81. The fraction of sp³-hybridized carbons (Fsp3) is 0.611. The van der Waals surface area contributed by atoms with Crippen LogP contribution in [-0.4, -0.2) is 55.1 Å². The first-order chi connectivity index (χ1) is 11.3. The van der Waals surface area contributed by atoms with Gasteiger partial charge in [-0.3, -0.25) is 0 Å². The van der Waals surface area contributed by atoms with Gasteiger partial charge in [-0.2, -0.15) is 8.78 Å². The number of piperazine rings is 1. The first kappa shape index (κ1) is 15.8. The van der Waals surface area contributed by atoms with Crippen molar-refractivity contribution in [3.8, 4) is 0 Å². The molecule has 3 saturated carbocycles. The predicted octanol–water partition coefficient (Wildman–Crippen LogP) is 2.58. The summed E-state index contributed by atoms with van der Waals surface area (Å²) >= 11 is 0. The molecule has 1 aliphatic heterocycles. The molecule has 2 bridgehead atoms. The van der Waals surface area contributed by atoms with Crippen LogP contribution in [0.2, 0.25) is 0 Å². The third kappa shape index (κ3) is 2.01. The molecule has 1 saturated heterocycles. The van der Waals surface area contributed by atoms with Gasteiger partial charge in [-0.1, -0.05) is 12.1 Å². The molecule has 0 radical (unpaired) electrons. The van der Waals surface area contributed by atoms with Crippen LogP contribution in [-0.2, 0) is 10.2 Å². The van der Waals surface area contributed by atoms with Crippen LogP contribution in [0.15, 0.2) is 24.3 Å². The molecule has 0 unspecified atom stereocenters. The number of carboxylic acid groups (broad SMARTS) is 1. The minimum Gasteiger partial charge on any atom is -0.477 e. The molecule has 0 atom stereocenters. The highest BCUT2D eigenvalue weighted by Crippen LogP contribution is 2.78. The van der Waals surface area contributed by atoms with Crippen molar-refractivity contribution >= 4 is 11.7 Å². The maximum Gasteiger partial charge on any atom is 0.375 e. The van der Waals surface area contributed by atoms with E-state index in [-0.39, 0.29) is 24.7 Å². The fourth-order valence-electron chi connectivity index (χ4n) is 4.74. The Hall–Kier alpha value is -1.69. The molecule has 5 rings (SSSR count). The van der Waals surface area contributed by atoms with Gasteiger partial charge in [0.15, 0.2) is 0 Å². The lowest BCUT2D eigenvalue weighted by Gasteiger charge is -2.72. The van der Waals surface area contributed by atoms with Crippen LogP contribution >= 0.6 is 0 Å². The number of anilines is 1. The molecule has 24 heavy (non-hydrogen) atoms. The first-order valence-corrected chi connectivity index (χ1v) is 8.43. The van der Waals surface area contributed by atoms with Gasteiger partial charge in [-0.05, 0) is 49.4 Å². The zero-order chi connectivity index (χ0) is 17.2. The number of carbonyl (C=O) groups is 1. The molecule has 1 N–H and O–H groups in total.